The number of aliphatic hydroxyl groups is 1. The fourth-order valence-electron chi connectivity index (χ4n) is 3.85. The van der Waals surface area contributed by atoms with Gasteiger partial charge in [-0.2, -0.15) is 0 Å². The predicted octanol–water partition coefficient (Wildman–Crippen LogP) is 3.65. The highest BCUT2D eigenvalue weighted by Crippen LogP contribution is 2.43. The molecule has 2 N–H and O–H groups in total. The summed E-state index contributed by atoms with van der Waals surface area (Å²) < 4.78 is 18.9. The van der Waals surface area contributed by atoms with E-state index in [2.05, 4.69) is 5.32 Å². The van der Waals surface area contributed by atoms with Crippen molar-refractivity contribution < 1.29 is 23.8 Å². The zero-order valence-corrected chi connectivity index (χ0v) is 17.3. The number of aliphatic hydroxyl groups excluding tert-OH is 1. The number of ether oxygens (including phenoxy) is 1. The monoisotopic (exact) mass is 424 g/mol. The Labute approximate surface area is 180 Å². The molecule has 0 spiro atoms. The summed E-state index contributed by atoms with van der Waals surface area (Å²) in [4.78, 5) is 27.6. The van der Waals surface area contributed by atoms with Crippen LogP contribution in [0, 0.1) is 11.7 Å². The highest BCUT2D eigenvalue weighted by molar-refractivity contribution is 6.08. The minimum absolute atomic E-state index is 0.0138. The Balaban J connectivity index is 1.65. The van der Waals surface area contributed by atoms with Gasteiger partial charge in [-0.3, -0.25) is 9.59 Å². The lowest BCUT2D eigenvalue weighted by molar-refractivity contribution is -0.129. The van der Waals surface area contributed by atoms with Crippen LogP contribution in [0.1, 0.15) is 36.9 Å². The maximum atomic E-state index is 13.1. The van der Waals surface area contributed by atoms with Gasteiger partial charge < -0.3 is 20.1 Å². The molecule has 2 aromatic carbocycles. The summed E-state index contributed by atoms with van der Waals surface area (Å²) in [6.07, 6.45) is 2.05. The van der Waals surface area contributed by atoms with Crippen LogP contribution in [-0.2, 0) is 16.1 Å². The summed E-state index contributed by atoms with van der Waals surface area (Å²) in [5, 5.41) is 13.4. The maximum absolute atomic E-state index is 13.1. The molecule has 0 bridgehead atoms. The molecule has 2 aromatic rings. The van der Waals surface area contributed by atoms with Crippen molar-refractivity contribution in [2.75, 3.05) is 13.2 Å². The van der Waals surface area contributed by atoms with Crippen LogP contribution in [0.2, 0.25) is 0 Å². The van der Waals surface area contributed by atoms with E-state index in [0.717, 1.165) is 12.8 Å². The van der Waals surface area contributed by atoms with Gasteiger partial charge in [-0.25, -0.2) is 4.39 Å². The van der Waals surface area contributed by atoms with E-state index in [1.165, 1.54) is 12.1 Å². The average Bonchev–Trinajstić information content (AvgIpc) is 3.56. The van der Waals surface area contributed by atoms with E-state index in [9.17, 15) is 19.1 Å². The third kappa shape index (κ3) is 4.40. The SMILES string of the molecule is CCOc1ccccc1C1C(C(=O)NCc2ccc(F)cc2)=C(O)C(=O)N1CC1CC1. The average molecular weight is 424 g/mol. The standard InChI is InChI=1S/C24H25FN2O4/c1-2-31-19-6-4-3-5-18(19)21-20(22(28)24(30)27(21)14-16-7-8-16)23(29)26-13-15-9-11-17(25)12-10-15/h3-6,9-12,16,21,28H,2,7-8,13-14H2,1H3,(H,26,29). The van der Waals surface area contributed by atoms with E-state index in [-0.39, 0.29) is 17.9 Å². The molecule has 1 atom stereocenters. The number of nitrogens with one attached hydrogen (secondary N) is 1. The summed E-state index contributed by atoms with van der Waals surface area (Å²) in [5.41, 5.74) is 1.38. The quantitative estimate of drug-likeness (QED) is 0.678. The first kappa shape index (κ1) is 20.9. The van der Waals surface area contributed by atoms with Crippen molar-refractivity contribution in [1.82, 2.24) is 10.2 Å². The minimum atomic E-state index is -0.732. The number of benzene rings is 2. The highest BCUT2D eigenvalue weighted by Gasteiger charge is 2.46. The van der Waals surface area contributed by atoms with Crippen molar-refractivity contribution in [3.8, 4) is 5.75 Å². The van der Waals surface area contributed by atoms with E-state index in [4.69, 9.17) is 4.74 Å². The van der Waals surface area contributed by atoms with Gasteiger partial charge in [0.05, 0.1) is 18.2 Å². The van der Waals surface area contributed by atoms with E-state index >= 15 is 0 Å². The van der Waals surface area contributed by atoms with Crippen molar-refractivity contribution in [2.45, 2.75) is 32.4 Å². The first-order valence-electron chi connectivity index (χ1n) is 10.5. The minimum Gasteiger partial charge on any atom is -0.503 e. The Hall–Kier alpha value is -3.35. The zero-order valence-electron chi connectivity index (χ0n) is 17.3. The molecule has 1 aliphatic heterocycles. The van der Waals surface area contributed by atoms with Gasteiger partial charge >= 0.3 is 0 Å². The molecule has 1 saturated carbocycles. The van der Waals surface area contributed by atoms with Gasteiger partial charge in [0.2, 0.25) is 0 Å². The van der Waals surface area contributed by atoms with E-state index < -0.39 is 23.6 Å². The number of hydrogen-bond acceptors (Lipinski definition) is 4. The second kappa shape index (κ2) is 8.79. The molecule has 0 saturated heterocycles. The molecule has 7 heteroatoms. The van der Waals surface area contributed by atoms with Crippen molar-refractivity contribution in [3.63, 3.8) is 0 Å². The number of amides is 2. The Bertz CT molecular complexity index is 1010. The van der Waals surface area contributed by atoms with Gasteiger partial charge in [-0.05, 0) is 49.4 Å². The van der Waals surface area contributed by atoms with Crippen molar-refractivity contribution in [3.05, 3.63) is 76.8 Å². The van der Waals surface area contributed by atoms with Gasteiger partial charge in [0.1, 0.15) is 11.6 Å². The van der Waals surface area contributed by atoms with Crippen molar-refractivity contribution in [2.24, 2.45) is 5.92 Å². The van der Waals surface area contributed by atoms with E-state index in [1.54, 1.807) is 23.1 Å². The fraction of sp³-hybridized carbons (Fsp3) is 0.333. The second-order valence-electron chi connectivity index (χ2n) is 7.85. The number of para-hydroxylation sites is 1. The number of rotatable bonds is 8. The molecular formula is C24H25FN2O4. The van der Waals surface area contributed by atoms with Gasteiger partial charge in [0.25, 0.3) is 11.8 Å². The van der Waals surface area contributed by atoms with Crippen LogP contribution in [0.15, 0.2) is 59.9 Å². The molecule has 31 heavy (non-hydrogen) atoms. The van der Waals surface area contributed by atoms with Gasteiger partial charge in [-0.1, -0.05) is 30.3 Å². The number of nitrogens with zero attached hydrogens (tertiary/aromatic N) is 1. The lowest BCUT2D eigenvalue weighted by atomic mass is 9.97. The molecule has 0 aromatic heterocycles. The summed E-state index contributed by atoms with van der Waals surface area (Å²) in [6, 6.07) is 12.3. The van der Waals surface area contributed by atoms with E-state index in [1.807, 2.05) is 25.1 Å². The van der Waals surface area contributed by atoms with Crippen LogP contribution in [0.3, 0.4) is 0 Å². The van der Waals surface area contributed by atoms with Crippen LogP contribution >= 0.6 is 0 Å². The third-order valence-electron chi connectivity index (χ3n) is 5.58. The molecular weight excluding hydrogens is 399 g/mol. The lowest BCUT2D eigenvalue weighted by Gasteiger charge is -2.28. The smallest absolute Gasteiger partial charge is 0.290 e. The molecule has 1 aliphatic carbocycles. The largest absolute Gasteiger partial charge is 0.503 e. The predicted molar refractivity (Wildman–Crippen MR) is 113 cm³/mol. The Morgan fingerprint density at radius 2 is 1.90 bits per heavy atom. The molecule has 4 rings (SSSR count). The second-order valence-corrected chi connectivity index (χ2v) is 7.85. The van der Waals surface area contributed by atoms with Crippen LogP contribution in [-0.4, -0.2) is 35.0 Å². The van der Waals surface area contributed by atoms with Crippen LogP contribution in [0.25, 0.3) is 0 Å². The van der Waals surface area contributed by atoms with Crippen molar-refractivity contribution in [1.29, 1.82) is 0 Å². The number of halogens is 1. The molecule has 1 fully saturated rings. The third-order valence-corrected chi connectivity index (χ3v) is 5.58. The van der Waals surface area contributed by atoms with Gasteiger partial charge in [-0.15, -0.1) is 0 Å². The van der Waals surface area contributed by atoms with Crippen LogP contribution < -0.4 is 10.1 Å². The molecule has 162 valence electrons. The van der Waals surface area contributed by atoms with Crippen LogP contribution in [0.5, 0.6) is 5.75 Å². The number of hydrogen-bond donors (Lipinski definition) is 2. The first-order valence-corrected chi connectivity index (χ1v) is 10.5. The van der Waals surface area contributed by atoms with Gasteiger partial charge in [0.15, 0.2) is 5.76 Å². The van der Waals surface area contributed by atoms with Gasteiger partial charge in [0, 0.05) is 18.7 Å². The Kier molecular flexibility index (Phi) is 5.93. The Morgan fingerprint density at radius 3 is 2.58 bits per heavy atom. The molecule has 1 unspecified atom stereocenters. The highest BCUT2D eigenvalue weighted by atomic mass is 19.1. The number of carbonyl (C=O) groups is 2. The summed E-state index contributed by atoms with van der Waals surface area (Å²) in [6.45, 7) is 2.92. The fourth-order valence-corrected chi connectivity index (χ4v) is 3.85. The summed E-state index contributed by atoms with van der Waals surface area (Å²) >= 11 is 0. The Morgan fingerprint density at radius 1 is 1.19 bits per heavy atom. The molecule has 0 radical (unpaired) electrons. The molecule has 1 heterocycles. The molecule has 2 amide bonds. The summed E-state index contributed by atoms with van der Waals surface area (Å²) in [7, 11) is 0. The van der Waals surface area contributed by atoms with Crippen LogP contribution in [0.4, 0.5) is 4.39 Å². The molecule has 2 aliphatic rings. The normalized spacial score (nSPS) is 18.5. The number of carbonyl (C=O) groups excluding carboxylic acids is 2. The topological polar surface area (TPSA) is 78.9 Å². The lowest BCUT2D eigenvalue weighted by Crippen LogP contribution is -2.35. The molecule has 6 nitrogen and oxygen atoms in total. The summed E-state index contributed by atoms with van der Waals surface area (Å²) in [5.74, 6) is -1.03. The van der Waals surface area contributed by atoms with Crippen molar-refractivity contribution >= 4 is 11.8 Å². The maximum Gasteiger partial charge on any atom is 0.290 e. The zero-order chi connectivity index (χ0) is 22.0. The van der Waals surface area contributed by atoms with E-state index in [0.29, 0.717) is 35.9 Å². The first-order chi connectivity index (χ1) is 15.0.